The molecule has 1 saturated carbocycles. The highest BCUT2D eigenvalue weighted by molar-refractivity contribution is 6.08. The normalized spacial score (nSPS) is 13.0. The first kappa shape index (κ1) is 26.1. The summed E-state index contributed by atoms with van der Waals surface area (Å²) in [6, 6.07) is 33.4. The summed E-state index contributed by atoms with van der Waals surface area (Å²) < 4.78 is 8.10. The molecule has 0 spiro atoms. The van der Waals surface area contributed by atoms with E-state index in [1.165, 1.54) is 5.56 Å². The van der Waals surface area contributed by atoms with Gasteiger partial charge in [-0.2, -0.15) is 15.0 Å². The Morgan fingerprint density at radius 1 is 0.682 bits per heavy atom. The summed E-state index contributed by atoms with van der Waals surface area (Å²) in [5, 5.41) is 17.7. The summed E-state index contributed by atoms with van der Waals surface area (Å²) in [5.41, 5.74) is 6.23. The second-order valence-electron chi connectivity index (χ2n) is 11.1. The molecule has 0 atom stereocenters. The maximum Gasteiger partial charge on any atom is 0.248 e. The first-order valence-electron chi connectivity index (χ1n) is 15.0. The predicted molar refractivity (Wildman–Crippen MR) is 173 cm³/mol. The zero-order chi connectivity index (χ0) is 29.5. The van der Waals surface area contributed by atoms with E-state index in [4.69, 9.17) is 19.4 Å². The van der Waals surface area contributed by atoms with Crippen molar-refractivity contribution in [3.63, 3.8) is 0 Å². The molecule has 9 heteroatoms. The molecule has 0 amide bonds. The fourth-order valence-corrected chi connectivity index (χ4v) is 5.44. The number of fused-ring (bicyclic) bond motifs is 3. The first-order valence-corrected chi connectivity index (χ1v) is 15.0. The molecular formula is C35H30N8O. The third-order valence-corrected chi connectivity index (χ3v) is 8.00. The van der Waals surface area contributed by atoms with E-state index in [1.807, 2.05) is 48.5 Å². The monoisotopic (exact) mass is 578 g/mol. The van der Waals surface area contributed by atoms with Gasteiger partial charge in [0, 0.05) is 34.5 Å². The summed E-state index contributed by atoms with van der Waals surface area (Å²) in [5.74, 6) is 2.67. The molecule has 9 nitrogen and oxygen atoms in total. The minimum atomic E-state index is 0.407. The Morgan fingerprint density at radius 2 is 1.25 bits per heavy atom. The van der Waals surface area contributed by atoms with Crippen molar-refractivity contribution < 1.29 is 4.42 Å². The van der Waals surface area contributed by atoms with Gasteiger partial charge in [0.1, 0.15) is 0 Å². The standard InChI is InChI=1S/C35H30N8O/c1-2-22-11-15-24(16-12-22)31-41-42-32(44-31)25-17-13-23(14-18-25)21-36-33-38-34(37-26-19-20-26)40-35(39-33)43-29-9-5-3-7-27(29)28-8-4-6-10-30(28)43/h3-18,26H,2,19-21H2,1H3,(H2,36,37,38,39,40). The number of aryl methyl sites for hydroxylation is 1. The minimum absolute atomic E-state index is 0.407. The van der Waals surface area contributed by atoms with Crippen LogP contribution >= 0.6 is 0 Å². The molecule has 7 aromatic rings. The third kappa shape index (κ3) is 5.02. The fraction of sp³-hybridized carbons (Fsp3) is 0.171. The van der Waals surface area contributed by atoms with Gasteiger partial charge in [-0.25, -0.2) is 0 Å². The molecule has 2 N–H and O–H groups in total. The van der Waals surface area contributed by atoms with E-state index in [2.05, 4.69) is 80.9 Å². The van der Waals surface area contributed by atoms with Gasteiger partial charge in [0.25, 0.3) is 0 Å². The van der Waals surface area contributed by atoms with Crippen LogP contribution in [-0.4, -0.2) is 35.8 Å². The largest absolute Gasteiger partial charge is 0.416 e. The fourth-order valence-electron chi connectivity index (χ4n) is 5.44. The zero-order valence-corrected chi connectivity index (χ0v) is 24.2. The number of anilines is 2. The van der Waals surface area contributed by atoms with Crippen LogP contribution in [0.4, 0.5) is 11.9 Å². The summed E-state index contributed by atoms with van der Waals surface area (Å²) in [6.07, 6.45) is 3.24. The van der Waals surface area contributed by atoms with Crippen LogP contribution in [-0.2, 0) is 13.0 Å². The SMILES string of the molecule is CCc1ccc(-c2nnc(-c3ccc(CNc4nc(NC5CC5)nc(-n5c6ccccc6c6ccccc65)n4)cc3)o2)cc1. The molecule has 1 aliphatic carbocycles. The number of benzene rings is 4. The van der Waals surface area contributed by atoms with E-state index in [0.717, 1.165) is 57.8 Å². The van der Waals surface area contributed by atoms with Crippen molar-refractivity contribution in [2.45, 2.75) is 38.8 Å². The van der Waals surface area contributed by atoms with Gasteiger partial charge in [-0.3, -0.25) is 4.57 Å². The molecule has 0 aliphatic heterocycles. The summed E-state index contributed by atoms with van der Waals surface area (Å²) in [6.45, 7) is 2.68. The Kier molecular flexibility index (Phi) is 6.48. The Labute approximate surface area is 254 Å². The molecule has 0 unspecified atom stereocenters. The molecule has 3 aromatic heterocycles. The van der Waals surface area contributed by atoms with Crippen LogP contribution in [0, 0.1) is 0 Å². The number of hydrogen-bond acceptors (Lipinski definition) is 8. The number of rotatable bonds is 9. The van der Waals surface area contributed by atoms with Crippen LogP contribution in [0.1, 0.15) is 30.9 Å². The quantitative estimate of drug-likeness (QED) is 0.182. The van der Waals surface area contributed by atoms with Crippen molar-refractivity contribution in [1.29, 1.82) is 0 Å². The molecule has 4 aromatic carbocycles. The van der Waals surface area contributed by atoms with Crippen molar-refractivity contribution in [3.8, 4) is 28.9 Å². The molecule has 1 fully saturated rings. The summed E-state index contributed by atoms with van der Waals surface area (Å²) >= 11 is 0. The predicted octanol–water partition coefficient (Wildman–Crippen LogP) is 7.43. The van der Waals surface area contributed by atoms with Crippen LogP contribution in [0.5, 0.6) is 0 Å². The lowest BCUT2D eigenvalue weighted by atomic mass is 10.1. The number of aromatic nitrogens is 6. The molecule has 0 radical (unpaired) electrons. The van der Waals surface area contributed by atoms with Gasteiger partial charge in [-0.05, 0) is 66.8 Å². The van der Waals surface area contributed by atoms with Crippen molar-refractivity contribution in [3.05, 3.63) is 108 Å². The highest BCUT2D eigenvalue weighted by atomic mass is 16.4. The van der Waals surface area contributed by atoms with Gasteiger partial charge in [-0.15, -0.1) is 10.2 Å². The van der Waals surface area contributed by atoms with Gasteiger partial charge < -0.3 is 15.1 Å². The van der Waals surface area contributed by atoms with E-state index in [0.29, 0.717) is 42.2 Å². The van der Waals surface area contributed by atoms with Crippen molar-refractivity contribution in [1.82, 2.24) is 29.7 Å². The smallest absolute Gasteiger partial charge is 0.248 e. The number of nitrogens with one attached hydrogen (secondary N) is 2. The molecule has 216 valence electrons. The third-order valence-electron chi connectivity index (χ3n) is 8.00. The highest BCUT2D eigenvalue weighted by Crippen LogP contribution is 2.32. The Balaban J connectivity index is 1.05. The van der Waals surface area contributed by atoms with Crippen LogP contribution < -0.4 is 10.6 Å². The lowest BCUT2D eigenvalue weighted by Crippen LogP contribution is -2.13. The zero-order valence-electron chi connectivity index (χ0n) is 24.2. The van der Waals surface area contributed by atoms with Gasteiger partial charge in [0.15, 0.2) is 0 Å². The van der Waals surface area contributed by atoms with Crippen LogP contribution in [0.2, 0.25) is 0 Å². The van der Waals surface area contributed by atoms with Gasteiger partial charge in [0.2, 0.25) is 29.6 Å². The average molecular weight is 579 g/mol. The molecular weight excluding hydrogens is 548 g/mol. The molecule has 8 rings (SSSR count). The topological polar surface area (TPSA) is 107 Å². The highest BCUT2D eigenvalue weighted by Gasteiger charge is 2.23. The molecule has 44 heavy (non-hydrogen) atoms. The van der Waals surface area contributed by atoms with E-state index in [9.17, 15) is 0 Å². The second kappa shape index (κ2) is 10.9. The van der Waals surface area contributed by atoms with Gasteiger partial charge in [-0.1, -0.05) is 67.6 Å². The van der Waals surface area contributed by atoms with Crippen molar-refractivity contribution in [2.24, 2.45) is 0 Å². The lowest BCUT2D eigenvalue weighted by Gasteiger charge is -2.12. The maximum absolute atomic E-state index is 5.98. The van der Waals surface area contributed by atoms with Crippen molar-refractivity contribution in [2.75, 3.05) is 10.6 Å². The molecule has 0 saturated heterocycles. The van der Waals surface area contributed by atoms with Gasteiger partial charge >= 0.3 is 0 Å². The van der Waals surface area contributed by atoms with Gasteiger partial charge in [0.05, 0.1) is 11.0 Å². The van der Waals surface area contributed by atoms with E-state index >= 15 is 0 Å². The van der Waals surface area contributed by atoms with Crippen LogP contribution in [0.3, 0.4) is 0 Å². The molecule has 3 heterocycles. The Morgan fingerprint density at radius 3 is 1.84 bits per heavy atom. The lowest BCUT2D eigenvalue weighted by molar-refractivity contribution is 0.584. The number of nitrogens with zero attached hydrogens (tertiary/aromatic N) is 6. The Bertz CT molecular complexity index is 2040. The summed E-state index contributed by atoms with van der Waals surface area (Å²) in [7, 11) is 0. The average Bonchev–Trinajstić information content (AvgIpc) is 3.63. The van der Waals surface area contributed by atoms with Crippen molar-refractivity contribution >= 4 is 33.7 Å². The number of hydrogen-bond donors (Lipinski definition) is 2. The van der Waals surface area contributed by atoms with Crippen LogP contribution in [0.25, 0.3) is 50.7 Å². The minimum Gasteiger partial charge on any atom is -0.416 e. The first-order chi connectivity index (χ1) is 21.7. The number of para-hydroxylation sites is 2. The molecule has 1 aliphatic rings. The van der Waals surface area contributed by atoms with E-state index in [-0.39, 0.29) is 0 Å². The van der Waals surface area contributed by atoms with Crippen LogP contribution in [0.15, 0.2) is 101 Å². The molecule has 0 bridgehead atoms. The maximum atomic E-state index is 5.98. The Hall–Kier alpha value is -5.57. The van der Waals surface area contributed by atoms with E-state index in [1.54, 1.807) is 0 Å². The second-order valence-corrected chi connectivity index (χ2v) is 11.1. The summed E-state index contributed by atoms with van der Waals surface area (Å²) in [4.78, 5) is 14.5. The van der Waals surface area contributed by atoms with E-state index < -0.39 is 0 Å².